The van der Waals surface area contributed by atoms with E-state index >= 15 is 0 Å². The SMILES string of the molecule is O=C(CCC1CCCCC1)c1cccs1. The summed E-state index contributed by atoms with van der Waals surface area (Å²) in [7, 11) is 0. The number of carbonyl (C=O) groups is 1. The Morgan fingerprint density at radius 2 is 2.13 bits per heavy atom. The van der Waals surface area contributed by atoms with E-state index in [-0.39, 0.29) is 0 Å². The van der Waals surface area contributed by atoms with Gasteiger partial charge in [0, 0.05) is 6.42 Å². The number of rotatable bonds is 4. The van der Waals surface area contributed by atoms with Crippen LogP contribution in [0.1, 0.15) is 54.6 Å². The summed E-state index contributed by atoms with van der Waals surface area (Å²) in [4.78, 5) is 12.7. The van der Waals surface area contributed by atoms with Crippen molar-refractivity contribution in [2.75, 3.05) is 0 Å². The molecule has 0 radical (unpaired) electrons. The lowest BCUT2D eigenvalue weighted by Crippen LogP contribution is -2.08. The molecule has 1 aromatic rings. The van der Waals surface area contributed by atoms with Crippen LogP contribution in [0.2, 0.25) is 0 Å². The van der Waals surface area contributed by atoms with Crippen LogP contribution in [0.5, 0.6) is 0 Å². The average molecular weight is 222 g/mol. The van der Waals surface area contributed by atoms with Crippen molar-refractivity contribution in [2.24, 2.45) is 5.92 Å². The zero-order valence-corrected chi connectivity index (χ0v) is 9.89. The first-order chi connectivity index (χ1) is 7.36. The first-order valence-corrected chi connectivity index (χ1v) is 6.81. The second-order valence-electron chi connectivity index (χ2n) is 4.44. The van der Waals surface area contributed by atoms with Crippen LogP contribution in [0.25, 0.3) is 0 Å². The van der Waals surface area contributed by atoms with Gasteiger partial charge in [-0.15, -0.1) is 11.3 Å². The highest BCUT2D eigenvalue weighted by atomic mass is 32.1. The third-order valence-electron chi connectivity index (χ3n) is 3.30. The Hall–Kier alpha value is -0.630. The van der Waals surface area contributed by atoms with Crippen molar-refractivity contribution in [3.63, 3.8) is 0 Å². The summed E-state index contributed by atoms with van der Waals surface area (Å²) in [6.45, 7) is 0. The zero-order valence-electron chi connectivity index (χ0n) is 9.08. The van der Waals surface area contributed by atoms with E-state index in [0.29, 0.717) is 5.78 Å². The van der Waals surface area contributed by atoms with Crippen LogP contribution in [-0.4, -0.2) is 5.78 Å². The summed E-state index contributed by atoms with van der Waals surface area (Å²) >= 11 is 1.57. The van der Waals surface area contributed by atoms with Gasteiger partial charge in [0.05, 0.1) is 4.88 Å². The average Bonchev–Trinajstić information content (AvgIpc) is 2.81. The molecular weight excluding hydrogens is 204 g/mol. The van der Waals surface area contributed by atoms with Crippen molar-refractivity contribution in [2.45, 2.75) is 44.9 Å². The minimum absolute atomic E-state index is 0.343. The molecule has 1 heterocycles. The molecule has 0 aliphatic heterocycles. The van der Waals surface area contributed by atoms with Crippen LogP contribution in [-0.2, 0) is 0 Å². The molecule has 0 amide bonds. The zero-order chi connectivity index (χ0) is 10.5. The molecule has 15 heavy (non-hydrogen) atoms. The van der Waals surface area contributed by atoms with Crippen molar-refractivity contribution in [3.05, 3.63) is 22.4 Å². The van der Waals surface area contributed by atoms with E-state index in [1.165, 1.54) is 32.1 Å². The van der Waals surface area contributed by atoms with E-state index in [9.17, 15) is 4.79 Å². The highest BCUT2D eigenvalue weighted by Gasteiger charge is 2.15. The van der Waals surface area contributed by atoms with Crippen molar-refractivity contribution >= 4 is 17.1 Å². The lowest BCUT2D eigenvalue weighted by Gasteiger charge is -2.20. The van der Waals surface area contributed by atoms with Crippen LogP contribution in [0.3, 0.4) is 0 Å². The van der Waals surface area contributed by atoms with Gasteiger partial charge in [0.1, 0.15) is 0 Å². The number of hydrogen-bond donors (Lipinski definition) is 0. The minimum atomic E-state index is 0.343. The Kier molecular flexibility index (Phi) is 3.95. The minimum Gasteiger partial charge on any atom is -0.293 e. The smallest absolute Gasteiger partial charge is 0.172 e. The molecule has 0 unspecified atom stereocenters. The summed E-state index contributed by atoms with van der Waals surface area (Å²) in [6.07, 6.45) is 8.70. The molecule has 1 fully saturated rings. The molecule has 0 atom stereocenters. The van der Waals surface area contributed by atoms with E-state index in [2.05, 4.69) is 0 Å². The van der Waals surface area contributed by atoms with Gasteiger partial charge in [-0.1, -0.05) is 38.2 Å². The van der Waals surface area contributed by atoms with Crippen molar-refractivity contribution in [1.82, 2.24) is 0 Å². The maximum absolute atomic E-state index is 11.8. The predicted molar refractivity (Wildman–Crippen MR) is 64.5 cm³/mol. The lowest BCUT2D eigenvalue weighted by molar-refractivity contribution is 0.0974. The molecule has 1 aliphatic carbocycles. The monoisotopic (exact) mass is 222 g/mol. The fourth-order valence-corrected chi connectivity index (χ4v) is 3.07. The van der Waals surface area contributed by atoms with Crippen molar-refractivity contribution in [3.8, 4) is 0 Å². The van der Waals surface area contributed by atoms with Crippen LogP contribution in [0, 0.1) is 5.92 Å². The van der Waals surface area contributed by atoms with Gasteiger partial charge in [-0.25, -0.2) is 0 Å². The maximum Gasteiger partial charge on any atom is 0.172 e. The lowest BCUT2D eigenvalue weighted by atomic mass is 9.85. The first kappa shape index (κ1) is 10.9. The number of hydrogen-bond acceptors (Lipinski definition) is 2. The summed E-state index contributed by atoms with van der Waals surface area (Å²) in [5.74, 6) is 1.17. The van der Waals surface area contributed by atoms with Gasteiger partial charge in [-0.05, 0) is 23.8 Å². The summed E-state index contributed by atoms with van der Waals surface area (Å²) in [5, 5.41) is 1.98. The molecule has 82 valence electrons. The number of carbonyl (C=O) groups excluding carboxylic acids is 1. The molecule has 2 heteroatoms. The summed E-state index contributed by atoms with van der Waals surface area (Å²) in [5.41, 5.74) is 0. The van der Waals surface area contributed by atoms with Gasteiger partial charge < -0.3 is 0 Å². The van der Waals surface area contributed by atoms with E-state index < -0.39 is 0 Å². The van der Waals surface area contributed by atoms with E-state index in [4.69, 9.17) is 0 Å². The summed E-state index contributed by atoms with van der Waals surface area (Å²) < 4.78 is 0. The standard InChI is InChI=1S/C13H18OS/c14-12(13-7-4-10-15-13)9-8-11-5-2-1-3-6-11/h4,7,10-11H,1-3,5-6,8-9H2. The topological polar surface area (TPSA) is 17.1 Å². The Morgan fingerprint density at radius 3 is 2.80 bits per heavy atom. The van der Waals surface area contributed by atoms with Crippen molar-refractivity contribution in [1.29, 1.82) is 0 Å². The first-order valence-electron chi connectivity index (χ1n) is 5.93. The molecule has 1 aliphatic rings. The maximum atomic E-state index is 11.8. The molecule has 0 aromatic carbocycles. The van der Waals surface area contributed by atoms with E-state index in [1.807, 2.05) is 17.5 Å². The molecule has 0 bridgehead atoms. The van der Waals surface area contributed by atoms with E-state index in [1.54, 1.807) is 11.3 Å². The molecule has 0 spiro atoms. The number of ketones is 1. The fourth-order valence-electron chi connectivity index (χ4n) is 2.37. The van der Waals surface area contributed by atoms with Crippen LogP contribution < -0.4 is 0 Å². The van der Waals surface area contributed by atoms with Gasteiger partial charge in [0.15, 0.2) is 5.78 Å². The quantitative estimate of drug-likeness (QED) is 0.694. The molecule has 0 N–H and O–H groups in total. The second kappa shape index (κ2) is 5.45. The van der Waals surface area contributed by atoms with Gasteiger partial charge in [-0.3, -0.25) is 4.79 Å². The van der Waals surface area contributed by atoms with Crippen molar-refractivity contribution < 1.29 is 4.79 Å². The Morgan fingerprint density at radius 1 is 1.33 bits per heavy atom. The Bertz CT molecular complexity index is 296. The van der Waals surface area contributed by atoms with Crippen LogP contribution in [0.15, 0.2) is 17.5 Å². The van der Waals surface area contributed by atoms with Gasteiger partial charge in [-0.2, -0.15) is 0 Å². The molecule has 1 aromatic heterocycles. The van der Waals surface area contributed by atoms with Gasteiger partial charge in [0.2, 0.25) is 0 Å². The molecule has 2 rings (SSSR count). The highest BCUT2D eigenvalue weighted by molar-refractivity contribution is 7.12. The van der Waals surface area contributed by atoms with Gasteiger partial charge in [0.25, 0.3) is 0 Å². The molecule has 1 saturated carbocycles. The van der Waals surface area contributed by atoms with E-state index in [0.717, 1.165) is 23.6 Å². The van der Waals surface area contributed by atoms with Gasteiger partial charge >= 0.3 is 0 Å². The number of Topliss-reactive ketones (excluding diaryl/α,β-unsaturated/α-hetero) is 1. The molecule has 1 nitrogen and oxygen atoms in total. The predicted octanol–water partition coefficient (Wildman–Crippen LogP) is 4.29. The normalized spacial score (nSPS) is 17.9. The third-order valence-corrected chi connectivity index (χ3v) is 4.21. The number of thiophene rings is 1. The second-order valence-corrected chi connectivity index (χ2v) is 5.39. The fraction of sp³-hybridized carbons (Fsp3) is 0.615. The van der Waals surface area contributed by atoms with Crippen LogP contribution >= 0.6 is 11.3 Å². The highest BCUT2D eigenvalue weighted by Crippen LogP contribution is 2.28. The summed E-state index contributed by atoms with van der Waals surface area (Å²) in [6, 6.07) is 3.90. The Labute approximate surface area is 95.5 Å². The Balaban J connectivity index is 1.75. The largest absolute Gasteiger partial charge is 0.293 e. The molecular formula is C13H18OS. The molecule has 0 saturated heterocycles. The van der Waals surface area contributed by atoms with Crippen LogP contribution in [0.4, 0.5) is 0 Å². The third kappa shape index (κ3) is 3.16.